The third kappa shape index (κ3) is 5.06. The molecule has 52 valence electrons. The van der Waals surface area contributed by atoms with E-state index in [1.54, 1.807) is 0 Å². The fourth-order valence-corrected chi connectivity index (χ4v) is 0.296. The number of hydrogen-bond acceptors (Lipinski definition) is 3. The Bertz CT molecular complexity index is 98.5. The fraction of sp³-hybridized carbons (Fsp3) is 0.333. The first-order valence-corrected chi connectivity index (χ1v) is 2.52. The van der Waals surface area contributed by atoms with Crippen LogP contribution < -0.4 is 0 Å². The Hall–Kier alpha value is -0.800. The van der Waals surface area contributed by atoms with Gasteiger partial charge in [-0.2, -0.15) is 0 Å². The van der Waals surface area contributed by atoms with Crippen molar-refractivity contribution in [3.8, 4) is 0 Å². The predicted octanol–water partition coefficient (Wildman–Crippen LogP) is 0.579. The lowest BCUT2D eigenvalue weighted by molar-refractivity contribution is -0.0531. The summed E-state index contributed by atoms with van der Waals surface area (Å²) in [6, 6.07) is 0. The van der Waals surface area contributed by atoms with E-state index >= 15 is 0 Å². The van der Waals surface area contributed by atoms with Crippen molar-refractivity contribution in [2.24, 2.45) is 0 Å². The molecule has 0 heterocycles. The van der Waals surface area contributed by atoms with Crippen molar-refractivity contribution >= 4 is 0 Å². The first-order valence-electron chi connectivity index (χ1n) is 2.52. The minimum Gasteiger partial charge on any atom is -0.516 e. The van der Waals surface area contributed by atoms with Gasteiger partial charge in [-0.1, -0.05) is 6.08 Å². The molecule has 0 rings (SSSR count). The minimum absolute atomic E-state index is 0.269. The molecule has 3 heteroatoms. The van der Waals surface area contributed by atoms with Crippen LogP contribution in [0.3, 0.4) is 0 Å². The topological polar surface area (TPSA) is 49.7 Å². The van der Waals surface area contributed by atoms with Crippen LogP contribution in [0.15, 0.2) is 25.0 Å². The van der Waals surface area contributed by atoms with Crippen LogP contribution >= 0.6 is 0 Å². The van der Waals surface area contributed by atoms with Crippen molar-refractivity contribution in [3.05, 3.63) is 25.0 Å². The van der Waals surface area contributed by atoms with Gasteiger partial charge in [0.1, 0.15) is 0 Å². The van der Waals surface area contributed by atoms with E-state index in [0.717, 1.165) is 12.3 Å². The Balaban J connectivity index is 3.25. The van der Waals surface area contributed by atoms with Gasteiger partial charge in [-0.25, -0.2) is 0 Å². The Kier molecular flexibility index (Phi) is 4.86. The number of aliphatic hydroxyl groups excluding tert-OH is 2. The van der Waals surface area contributed by atoms with Crippen molar-refractivity contribution in [3.63, 3.8) is 0 Å². The summed E-state index contributed by atoms with van der Waals surface area (Å²) in [6.07, 6.45) is 2.32. The van der Waals surface area contributed by atoms with Gasteiger partial charge >= 0.3 is 0 Å². The summed E-state index contributed by atoms with van der Waals surface area (Å²) in [4.78, 5) is 0. The maximum absolute atomic E-state index is 8.66. The molecule has 0 bridgehead atoms. The molecule has 0 aromatic rings. The van der Waals surface area contributed by atoms with Crippen LogP contribution in [0, 0.1) is 0 Å². The van der Waals surface area contributed by atoms with Gasteiger partial charge in [0.25, 0.3) is 0 Å². The van der Waals surface area contributed by atoms with Gasteiger partial charge in [-0.15, -0.1) is 6.58 Å². The van der Waals surface area contributed by atoms with E-state index in [9.17, 15) is 0 Å². The molecule has 0 aromatic heterocycles. The largest absolute Gasteiger partial charge is 0.516 e. The van der Waals surface area contributed by atoms with Crippen LogP contribution in [-0.4, -0.2) is 23.1 Å². The summed E-state index contributed by atoms with van der Waals surface area (Å²) in [7, 11) is 0. The lowest BCUT2D eigenvalue weighted by Crippen LogP contribution is -2.07. The first-order chi connectivity index (χ1) is 4.31. The van der Waals surface area contributed by atoms with Gasteiger partial charge < -0.3 is 14.9 Å². The predicted molar refractivity (Wildman–Crippen MR) is 33.9 cm³/mol. The quantitative estimate of drug-likeness (QED) is 0.332. The Morgan fingerprint density at radius 2 is 2.33 bits per heavy atom. The number of ether oxygens (including phenoxy) is 1. The highest BCUT2D eigenvalue weighted by molar-refractivity contribution is 4.76. The fourth-order valence-electron chi connectivity index (χ4n) is 0.296. The molecule has 1 atom stereocenters. The van der Waals surface area contributed by atoms with E-state index < -0.39 is 6.29 Å². The highest BCUT2D eigenvalue weighted by Gasteiger charge is 1.93. The molecule has 0 spiro atoms. The molecule has 0 aliphatic heterocycles. The monoisotopic (exact) mass is 130 g/mol. The zero-order valence-corrected chi connectivity index (χ0v) is 5.03. The average Bonchev–Trinajstić information content (AvgIpc) is 1.85. The molecular weight excluding hydrogens is 120 g/mol. The second kappa shape index (κ2) is 5.34. The van der Waals surface area contributed by atoms with Crippen LogP contribution in [0.25, 0.3) is 0 Å². The van der Waals surface area contributed by atoms with E-state index in [1.807, 2.05) is 0 Å². The average molecular weight is 130 g/mol. The van der Waals surface area contributed by atoms with Crippen LogP contribution in [0.2, 0.25) is 0 Å². The molecule has 0 saturated heterocycles. The summed E-state index contributed by atoms with van der Waals surface area (Å²) in [6.45, 7) is 3.64. The van der Waals surface area contributed by atoms with Crippen LogP contribution in [-0.2, 0) is 4.74 Å². The molecule has 2 N–H and O–H groups in total. The van der Waals surface area contributed by atoms with Crippen molar-refractivity contribution < 1.29 is 14.9 Å². The van der Waals surface area contributed by atoms with Crippen LogP contribution in [0.4, 0.5) is 0 Å². The second-order valence-corrected chi connectivity index (χ2v) is 1.35. The van der Waals surface area contributed by atoms with E-state index in [1.165, 1.54) is 6.08 Å². The third-order valence-electron chi connectivity index (χ3n) is 0.636. The van der Waals surface area contributed by atoms with Crippen molar-refractivity contribution in [2.75, 3.05) is 6.61 Å². The molecule has 0 saturated carbocycles. The van der Waals surface area contributed by atoms with Crippen molar-refractivity contribution in [2.45, 2.75) is 6.29 Å². The Morgan fingerprint density at radius 3 is 2.78 bits per heavy atom. The molecule has 0 aliphatic rings. The number of aliphatic hydroxyl groups is 2. The number of rotatable bonds is 4. The summed E-state index contributed by atoms with van der Waals surface area (Å²) in [5.74, 6) is 0. The van der Waals surface area contributed by atoms with Crippen molar-refractivity contribution in [1.29, 1.82) is 0 Å². The summed E-state index contributed by atoms with van der Waals surface area (Å²) >= 11 is 0. The van der Waals surface area contributed by atoms with Gasteiger partial charge in [0.15, 0.2) is 6.29 Å². The highest BCUT2D eigenvalue weighted by atomic mass is 16.6. The zero-order valence-electron chi connectivity index (χ0n) is 5.03. The molecule has 0 amide bonds. The Labute approximate surface area is 53.9 Å². The maximum Gasteiger partial charge on any atom is 0.177 e. The standard InChI is InChI=1S/C6H10O3/c1-2-5-9-6(8)3-4-7/h2-4,6-8H,1,5H2. The van der Waals surface area contributed by atoms with Gasteiger partial charge in [0, 0.05) is 6.08 Å². The number of hydrogen-bond donors (Lipinski definition) is 2. The lowest BCUT2D eigenvalue weighted by atomic mass is 10.6. The second-order valence-electron chi connectivity index (χ2n) is 1.35. The van der Waals surface area contributed by atoms with E-state index in [2.05, 4.69) is 11.3 Å². The molecule has 0 radical (unpaired) electrons. The van der Waals surface area contributed by atoms with Gasteiger partial charge in [0.05, 0.1) is 12.9 Å². The Morgan fingerprint density at radius 1 is 1.67 bits per heavy atom. The molecule has 0 fully saturated rings. The zero-order chi connectivity index (χ0) is 7.11. The summed E-state index contributed by atoms with van der Waals surface area (Å²) < 4.78 is 4.62. The van der Waals surface area contributed by atoms with E-state index in [4.69, 9.17) is 10.2 Å². The van der Waals surface area contributed by atoms with Gasteiger partial charge in [0.2, 0.25) is 0 Å². The minimum atomic E-state index is -1.03. The lowest BCUT2D eigenvalue weighted by Gasteiger charge is -2.02. The van der Waals surface area contributed by atoms with E-state index in [0.29, 0.717) is 0 Å². The smallest absolute Gasteiger partial charge is 0.177 e. The molecule has 1 unspecified atom stereocenters. The third-order valence-corrected chi connectivity index (χ3v) is 0.636. The molecular formula is C6H10O3. The summed E-state index contributed by atoms with van der Waals surface area (Å²) in [5, 5.41) is 16.8. The maximum atomic E-state index is 8.66. The highest BCUT2D eigenvalue weighted by Crippen LogP contribution is 1.87. The molecule has 9 heavy (non-hydrogen) atoms. The van der Waals surface area contributed by atoms with Crippen LogP contribution in [0.1, 0.15) is 0 Å². The molecule has 3 nitrogen and oxygen atoms in total. The SMILES string of the molecule is C=CCOC(O)C=CO. The van der Waals surface area contributed by atoms with Crippen molar-refractivity contribution in [1.82, 2.24) is 0 Å². The van der Waals surface area contributed by atoms with Gasteiger partial charge in [-0.3, -0.25) is 0 Å². The normalized spacial score (nSPS) is 13.9. The first kappa shape index (κ1) is 8.20. The molecule has 0 aliphatic carbocycles. The van der Waals surface area contributed by atoms with Crippen LogP contribution in [0.5, 0.6) is 0 Å². The van der Waals surface area contributed by atoms with E-state index in [-0.39, 0.29) is 6.61 Å². The molecule has 0 aromatic carbocycles. The summed E-state index contributed by atoms with van der Waals surface area (Å²) in [5.41, 5.74) is 0. The van der Waals surface area contributed by atoms with Gasteiger partial charge in [-0.05, 0) is 0 Å².